The second-order valence-corrected chi connectivity index (χ2v) is 9.01. The topological polar surface area (TPSA) is 59.8 Å². The van der Waals surface area contributed by atoms with Crippen molar-refractivity contribution in [1.29, 1.82) is 0 Å². The number of benzene rings is 2. The van der Waals surface area contributed by atoms with Crippen molar-refractivity contribution in [2.75, 3.05) is 5.32 Å². The van der Waals surface area contributed by atoms with E-state index in [4.69, 9.17) is 11.6 Å². The molecule has 1 atom stereocenters. The van der Waals surface area contributed by atoms with Crippen LogP contribution < -0.4 is 5.32 Å². The van der Waals surface area contributed by atoms with Gasteiger partial charge in [-0.3, -0.25) is 4.79 Å². The van der Waals surface area contributed by atoms with Gasteiger partial charge in [0.25, 0.3) is 0 Å². The summed E-state index contributed by atoms with van der Waals surface area (Å²) in [6.45, 7) is 6.25. The Morgan fingerprint density at radius 3 is 2.62 bits per heavy atom. The molecule has 2 aromatic carbocycles. The normalized spacial score (nSPS) is 12.6. The van der Waals surface area contributed by atoms with E-state index in [0.717, 1.165) is 41.4 Å². The summed E-state index contributed by atoms with van der Waals surface area (Å²) in [7, 11) is 0. The Labute approximate surface area is 193 Å². The van der Waals surface area contributed by atoms with E-state index in [-0.39, 0.29) is 10.7 Å². The van der Waals surface area contributed by atoms with Crippen molar-refractivity contribution in [3.05, 3.63) is 58.6 Å². The Bertz CT molecular complexity index is 1120. The minimum atomic E-state index is -4.64. The van der Waals surface area contributed by atoms with Crippen molar-refractivity contribution in [3.63, 3.8) is 0 Å². The van der Waals surface area contributed by atoms with E-state index in [0.29, 0.717) is 17.5 Å². The molecule has 5 nitrogen and oxygen atoms in total. The Morgan fingerprint density at radius 2 is 1.97 bits per heavy atom. The highest BCUT2D eigenvalue weighted by Crippen LogP contribution is 2.37. The molecule has 1 heterocycles. The van der Waals surface area contributed by atoms with Crippen LogP contribution in [0.4, 0.5) is 18.9 Å². The number of halogens is 4. The molecule has 0 spiro atoms. The molecule has 0 radical (unpaired) electrons. The molecule has 1 unspecified atom stereocenters. The number of carbonyl (C=O) groups excluding carboxylic acids is 1. The highest BCUT2D eigenvalue weighted by molar-refractivity contribution is 8.00. The number of aryl methyl sites for hydroxylation is 1. The summed E-state index contributed by atoms with van der Waals surface area (Å²) in [5, 5.41) is 10.7. The lowest BCUT2D eigenvalue weighted by atomic mass is 10.1. The predicted octanol–water partition coefficient (Wildman–Crippen LogP) is 6.46. The molecule has 0 aliphatic heterocycles. The molecule has 0 aliphatic carbocycles. The molecule has 1 N–H and O–H groups in total. The molecule has 0 saturated heterocycles. The number of aromatic nitrogens is 3. The number of amides is 1. The summed E-state index contributed by atoms with van der Waals surface area (Å²) >= 11 is 6.85. The fourth-order valence-corrected chi connectivity index (χ4v) is 4.15. The standard InChI is InChI=1S/C22H22ClF3N4OS/c1-4-10-30-19(15-7-5-6-13(2)11-15)28-29-21(30)32-14(3)20(31)27-18-9-8-16(23)12-17(18)22(24,25)26/h5-9,11-12,14H,4,10H2,1-3H3,(H,27,31). The lowest BCUT2D eigenvalue weighted by molar-refractivity contribution is -0.137. The molecule has 0 fully saturated rings. The summed E-state index contributed by atoms with van der Waals surface area (Å²) in [4.78, 5) is 12.7. The third kappa shape index (κ3) is 5.63. The van der Waals surface area contributed by atoms with Gasteiger partial charge in [0.05, 0.1) is 16.5 Å². The monoisotopic (exact) mass is 482 g/mol. The maximum absolute atomic E-state index is 13.3. The van der Waals surface area contributed by atoms with Crippen LogP contribution in [0.2, 0.25) is 5.02 Å². The number of hydrogen-bond donors (Lipinski definition) is 1. The number of nitrogens with zero attached hydrogens (tertiary/aromatic N) is 3. The highest BCUT2D eigenvalue weighted by atomic mass is 35.5. The molecule has 3 aromatic rings. The van der Waals surface area contributed by atoms with Gasteiger partial charge in [-0.15, -0.1) is 10.2 Å². The lowest BCUT2D eigenvalue weighted by Crippen LogP contribution is -2.24. The number of hydrogen-bond acceptors (Lipinski definition) is 4. The van der Waals surface area contributed by atoms with Gasteiger partial charge in [0.15, 0.2) is 11.0 Å². The molecule has 1 amide bonds. The van der Waals surface area contributed by atoms with Gasteiger partial charge in [0.2, 0.25) is 5.91 Å². The van der Waals surface area contributed by atoms with Crippen molar-refractivity contribution in [1.82, 2.24) is 14.8 Å². The number of alkyl halides is 3. The van der Waals surface area contributed by atoms with E-state index >= 15 is 0 Å². The first-order valence-corrected chi connectivity index (χ1v) is 11.2. The van der Waals surface area contributed by atoms with E-state index < -0.39 is 22.9 Å². The van der Waals surface area contributed by atoms with Crippen LogP contribution in [-0.4, -0.2) is 25.9 Å². The van der Waals surface area contributed by atoms with Crippen molar-refractivity contribution in [3.8, 4) is 11.4 Å². The van der Waals surface area contributed by atoms with Crippen LogP contribution in [0.5, 0.6) is 0 Å². The van der Waals surface area contributed by atoms with E-state index in [1.165, 1.54) is 6.07 Å². The lowest BCUT2D eigenvalue weighted by Gasteiger charge is -2.17. The van der Waals surface area contributed by atoms with Crippen LogP contribution in [0.15, 0.2) is 47.6 Å². The van der Waals surface area contributed by atoms with Crippen molar-refractivity contribution < 1.29 is 18.0 Å². The van der Waals surface area contributed by atoms with Crippen LogP contribution in [0.3, 0.4) is 0 Å². The number of rotatable bonds is 7. The maximum Gasteiger partial charge on any atom is 0.418 e. The van der Waals surface area contributed by atoms with Gasteiger partial charge in [0, 0.05) is 17.1 Å². The van der Waals surface area contributed by atoms with E-state index in [1.54, 1.807) is 6.92 Å². The molecule has 170 valence electrons. The number of thioether (sulfide) groups is 1. The smallest absolute Gasteiger partial charge is 0.325 e. The van der Waals surface area contributed by atoms with Crippen LogP contribution in [0, 0.1) is 6.92 Å². The fourth-order valence-electron chi connectivity index (χ4n) is 3.10. The van der Waals surface area contributed by atoms with E-state index in [1.807, 2.05) is 42.7 Å². The third-order valence-electron chi connectivity index (χ3n) is 4.64. The van der Waals surface area contributed by atoms with Gasteiger partial charge >= 0.3 is 6.18 Å². The number of nitrogens with one attached hydrogen (secondary N) is 1. The first-order valence-electron chi connectivity index (χ1n) is 9.94. The average molecular weight is 483 g/mol. The van der Waals surface area contributed by atoms with E-state index in [9.17, 15) is 18.0 Å². The van der Waals surface area contributed by atoms with Crippen molar-refractivity contribution in [2.45, 2.75) is 50.3 Å². The Balaban J connectivity index is 1.82. The molecule has 32 heavy (non-hydrogen) atoms. The Hall–Kier alpha value is -2.52. The van der Waals surface area contributed by atoms with Gasteiger partial charge in [0.1, 0.15) is 0 Å². The van der Waals surface area contributed by atoms with Gasteiger partial charge < -0.3 is 9.88 Å². The SMILES string of the molecule is CCCn1c(SC(C)C(=O)Nc2ccc(Cl)cc2C(F)(F)F)nnc1-c1cccc(C)c1. The van der Waals surface area contributed by atoms with Crippen LogP contribution in [0.1, 0.15) is 31.4 Å². The van der Waals surface area contributed by atoms with Gasteiger partial charge in [-0.1, -0.05) is 54.0 Å². The first kappa shape index (κ1) is 24.1. The first-order chi connectivity index (χ1) is 15.1. The van der Waals surface area contributed by atoms with Crippen LogP contribution in [-0.2, 0) is 17.5 Å². The molecular weight excluding hydrogens is 461 g/mol. The van der Waals surface area contributed by atoms with Gasteiger partial charge in [-0.25, -0.2) is 0 Å². The predicted molar refractivity (Wildman–Crippen MR) is 121 cm³/mol. The van der Waals surface area contributed by atoms with Crippen molar-refractivity contribution in [2.24, 2.45) is 0 Å². The molecule has 0 aliphatic rings. The van der Waals surface area contributed by atoms with Gasteiger partial charge in [-0.05, 0) is 44.5 Å². The number of carbonyl (C=O) groups is 1. The molecule has 0 saturated carbocycles. The largest absolute Gasteiger partial charge is 0.418 e. The summed E-state index contributed by atoms with van der Waals surface area (Å²) in [6.07, 6.45) is -3.82. The average Bonchev–Trinajstić information content (AvgIpc) is 3.11. The highest BCUT2D eigenvalue weighted by Gasteiger charge is 2.34. The van der Waals surface area contributed by atoms with Crippen LogP contribution >= 0.6 is 23.4 Å². The fraction of sp³-hybridized carbons (Fsp3) is 0.318. The maximum atomic E-state index is 13.3. The Kier molecular flexibility index (Phi) is 7.51. The minimum absolute atomic E-state index is 0.0610. The zero-order valence-electron chi connectivity index (χ0n) is 17.7. The van der Waals surface area contributed by atoms with Crippen molar-refractivity contribution >= 4 is 35.0 Å². The zero-order chi connectivity index (χ0) is 23.5. The summed E-state index contributed by atoms with van der Waals surface area (Å²) in [6, 6.07) is 11.1. The quantitative estimate of drug-likeness (QED) is 0.393. The third-order valence-corrected chi connectivity index (χ3v) is 5.95. The molecule has 3 rings (SSSR count). The second kappa shape index (κ2) is 9.95. The minimum Gasteiger partial charge on any atom is -0.325 e. The number of anilines is 1. The van der Waals surface area contributed by atoms with E-state index in [2.05, 4.69) is 15.5 Å². The van der Waals surface area contributed by atoms with Gasteiger partial charge in [-0.2, -0.15) is 13.2 Å². The molecular formula is C22H22ClF3N4OS. The second-order valence-electron chi connectivity index (χ2n) is 7.26. The summed E-state index contributed by atoms with van der Waals surface area (Å²) < 4.78 is 41.9. The van der Waals surface area contributed by atoms with Crippen LogP contribution in [0.25, 0.3) is 11.4 Å². The summed E-state index contributed by atoms with van der Waals surface area (Å²) in [5.74, 6) is 0.105. The molecule has 10 heteroatoms. The molecule has 0 bridgehead atoms. The molecule has 1 aromatic heterocycles. The zero-order valence-corrected chi connectivity index (χ0v) is 19.3. The Morgan fingerprint density at radius 1 is 1.22 bits per heavy atom. The summed E-state index contributed by atoms with van der Waals surface area (Å²) in [5.41, 5.74) is 0.658.